The summed E-state index contributed by atoms with van der Waals surface area (Å²) >= 11 is 0. The standard InChI is InChI=1S/C21H22N2O2/c1-15-21(16(2)24)13-20(8-3-17-9-11-25-12-10-17)23(15)19-6-4-18(14-22)5-7-19/h3-8,13,17H,9-12H2,1-2H3. The Balaban J connectivity index is 2.00. The highest BCUT2D eigenvalue weighted by Crippen LogP contribution is 2.25. The van der Waals surface area contributed by atoms with Crippen molar-refractivity contribution < 1.29 is 9.53 Å². The molecule has 0 saturated carbocycles. The van der Waals surface area contributed by atoms with Gasteiger partial charge in [-0.3, -0.25) is 4.79 Å². The molecule has 1 aliphatic heterocycles. The highest BCUT2D eigenvalue weighted by Gasteiger charge is 2.16. The molecular formula is C21H22N2O2. The van der Waals surface area contributed by atoms with Crippen LogP contribution in [-0.2, 0) is 4.74 Å². The van der Waals surface area contributed by atoms with Gasteiger partial charge in [0, 0.05) is 35.9 Å². The number of carbonyl (C=O) groups is 1. The summed E-state index contributed by atoms with van der Waals surface area (Å²) in [4.78, 5) is 12.0. The van der Waals surface area contributed by atoms with Crippen molar-refractivity contribution in [2.24, 2.45) is 5.92 Å². The van der Waals surface area contributed by atoms with Gasteiger partial charge < -0.3 is 9.30 Å². The third-order valence-electron chi connectivity index (χ3n) is 4.71. The van der Waals surface area contributed by atoms with Gasteiger partial charge in [0.25, 0.3) is 0 Å². The first-order valence-corrected chi connectivity index (χ1v) is 8.60. The summed E-state index contributed by atoms with van der Waals surface area (Å²) in [5.74, 6) is 0.574. The van der Waals surface area contributed by atoms with Crippen LogP contribution in [0.3, 0.4) is 0 Å². The molecule has 25 heavy (non-hydrogen) atoms. The average Bonchev–Trinajstić information content (AvgIpc) is 2.97. The summed E-state index contributed by atoms with van der Waals surface area (Å²) in [5.41, 5.74) is 4.22. The van der Waals surface area contributed by atoms with E-state index in [2.05, 4.69) is 22.8 Å². The largest absolute Gasteiger partial charge is 0.381 e. The van der Waals surface area contributed by atoms with Gasteiger partial charge in [0.1, 0.15) is 0 Å². The summed E-state index contributed by atoms with van der Waals surface area (Å²) in [6, 6.07) is 11.5. The fourth-order valence-electron chi connectivity index (χ4n) is 3.28. The first kappa shape index (κ1) is 17.2. The summed E-state index contributed by atoms with van der Waals surface area (Å²) in [5, 5.41) is 8.99. The molecule has 2 heterocycles. The van der Waals surface area contributed by atoms with E-state index in [4.69, 9.17) is 10.00 Å². The number of hydrogen-bond donors (Lipinski definition) is 0. The summed E-state index contributed by atoms with van der Waals surface area (Å²) in [6.45, 7) is 5.17. The molecule has 0 N–H and O–H groups in total. The van der Waals surface area contributed by atoms with Crippen molar-refractivity contribution in [2.75, 3.05) is 13.2 Å². The minimum absolute atomic E-state index is 0.0608. The Morgan fingerprint density at radius 2 is 1.96 bits per heavy atom. The van der Waals surface area contributed by atoms with Crippen LogP contribution in [0.25, 0.3) is 11.8 Å². The lowest BCUT2D eigenvalue weighted by molar-refractivity contribution is 0.0787. The van der Waals surface area contributed by atoms with E-state index < -0.39 is 0 Å². The zero-order chi connectivity index (χ0) is 17.8. The SMILES string of the molecule is CC(=O)c1cc(C=CC2CCOCC2)n(-c2ccc(C#N)cc2)c1C. The summed E-state index contributed by atoms with van der Waals surface area (Å²) in [7, 11) is 0. The van der Waals surface area contributed by atoms with Crippen LogP contribution in [0, 0.1) is 24.2 Å². The highest BCUT2D eigenvalue weighted by molar-refractivity contribution is 5.96. The number of rotatable bonds is 4. The summed E-state index contributed by atoms with van der Waals surface area (Å²) in [6.07, 6.45) is 6.40. The van der Waals surface area contributed by atoms with E-state index in [9.17, 15) is 4.79 Å². The van der Waals surface area contributed by atoms with Crippen LogP contribution >= 0.6 is 0 Å². The normalized spacial score (nSPS) is 15.4. The van der Waals surface area contributed by atoms with Crippen molar-refractivity contribution in [3.8, 4) is 11.8 Å². The molecule has 0 unspecified atom stereocenters. The lowest BCUT2D eigenvalue weighted by Gasteiger charge is -2.18. The molecule has 0 bridgehead atoms. The van der Waals surface area contributed by atoms with Crippen molar-refractivity contribution in [3.05, 3.63) is 58.9 Å². The van der Waals surface area contributed by atoms with Crippen molar-refractivity contribution >= 4 is 11.9 Å². The second-order valence-corrected chi connectivity index (χ2v) is 6.43. The van der Waals surface area contributed by atoms with Gasteiger partial charge in [-0.1, -0.05) is 6.08 Å². The molecule has 0 amide bonds. The van der Waals surface area contributed by atoms with Gasteiger partial charge in [-0.15, -0.1) is 0 Å². The number of Topliss-reactive ketones (excluding diaryl/α,β-unsaturated/α-hetero) is 1. The molecule has 3 rings (SSSR count). The summed E-state index contributed by atoms with van der Waals surface area (Å²) < 4.78 is 7.49. The van der Waals surface area contributed by atoms with Crippen LogP contribution in [0.15, 0.2) is 36.4 Å². The van der Waals surface area contributed by atoms with E-state index in [0.29, 0.717) is 11.5 Å². The van der Waals surface area contributed by atoms with Crippen LogP contribution in [-0.4, -0.2) is 23.6 Å². The molecule has 0 radical (unpaired) electrons. The first-order chi connectivity index (χ1) is 12.1. The Kier molecular flexibility index (Phi) is 5.16. The topological polar surface area (TPSA) is 55.0 Å². The van der Waals surface area contributed by atoms with Crippen molar-refractivity contribution in [1.82, 2.24) is 4.57 Å². The molecule has 1 aliphatic rings. The lowest BCUT2D eigenvalue weighted by atomic mass is 9.99. The molecule has 4 heteroatoms. The second kappa shape index (κ2) is 7.50. The smallest absolute Gasteiger partial charge is 0.161 e. The molecule has 1 fully saturated rings. The Morgan fingerprint density at radius 1 is 1.28 bits per heavy atom. The maximum absolute atomic E-state index is 12.0. The molecule has 1 saturated heterocycles. The predicted octanol–water partition coefficient (Wildman–Crippen LogP) is 4.30. The second-order valence-electron chi connectivity index (χ2n) is 6.43. The van der Waals surface area contributed by atoms with Gasteiger partial charge >= 0.3 is 0 Å². The van der Waals surface area contributed by atoms with E-state index in [-0.39, 0.29) is 5.78 Å². The van der Waals surface area contributed by atoms with Crippen molar-refractivity contribution in [3.63, 3.8) is 0 Å². The van der Waals surface area contributed by atoms with Crippen LogP contribution in [0.4, 0.5) is 0 Å². The number of ether oxygens (including phenoxy) is 1. The van der Waals surface area contributed by atoms with Crippen LogP contribution in [0.1, 0.15) is 47.1 Å². The number of nitrogens with zero attached hydrogens (tertiary/aromatic N) is 2. The van der Waals surface area contributed by atoms with Gasteiger partial charge in [0.15, 0.2) is 5.78 Å². The van der Waals surface area contributed by atoms with Gasteiger partial charge in [-0.25, -0.2) is 0 Å². The minimum atomic E-state index is 0.0608. The Morgan fingerprint density at radius 3 is 2.56 bits per heavy atom. The van der Waals surface area contributed by atoms with E-state index >= 15 is 0 Å². The van der Waals surface area contributed by atoms with E-state index in [1.165, 1.54) is 0 Å². The number of allylic oxidation sites excluding steroid dienone is 1. The quantitative estimate of drug-likeness (QED) is 0.783. The first-order valence-electron chi connectivity index (χ1n) is 8.60. The molecule has 4 nitrogen and oxygen atoms in total. The molecule has 0 aliphatic carbocycles. The molecule has 128 valence electrons. The van der Waals surface area contributed by atoms with Gasteiger partial charge in [0.2, 0.25) is 0 Å². The number of hydrogen-bond acceptors (Lipinski definition) is 3. The molecule has 2 aromatic rings. The number of carbonyl (C=O) groups excluding carboxylic acids is 1. The fourth-order valence-corrected chi connectivity index (χ4v) is 3.28. The van der Waals surface area contributed by atoms with Gasteiger partial charge in [0.05, 0.1) is 11.6 Å². The minimum Gasteiger partial charge on any atom is -0.381 e. The number of ketones is 1. The van der Waals surface area contributed by atoms with Crippen LogP contribution < -0.4 is 0 Å². The number of aromatic nitrogens is 1. The predicted molar refractivity (Wildman–Crippen MR) is 97.8 cm³/mol. The molecule has 0 spiro atoms. The van der Waals surface area contributed by atoms with Crippen LogP contribution in [0.2, 0.25) is 0 Å². The van der Waals surface area contributed by atoms with E-state index in [0.717, 1.165) is 48.7 Å². The van der Waals surface area contributed by atoms with E-state index in [1.54, 1.807) is 19.1 Å². The highest BCUT2D eigenvalue weighted by atomic mass is 16.5. The van der Waals surface area contributed by atoms with Crippen molar-refractivity contribution in [1.29, 1.82) is 5.26 Å². The van der Waals surface area contributed by atoms with Gasteiger partial charge in [-0.2, -0.15) is 5.26 Å². The Labute approximate surface area is 148 Å². The maximum Gasteiger partial charge on any atom is 0.161 e. The molecular weight excluding hydrogens is 312 g/mol. The zero-order valence-corrected chi connectivity index (χ0v) is 14.7. The monoisotopic (exact) mass is 334 g/mol. The zero-order valence-electron chi connectivity index (χ0n) is 14.7. The van der Waals surface area contributed by atoms with Gasteiger partial charge in [-0.05, 0) is 69.0 Å². The molecule has 1 aromatic heterocycles. The third kappa shape index (κ3) is 3.72. The number of benzene rings is 1. The molecule has 0 atom stereocenters. The van der Waals surface area contributed by atoms with Crippen molar-refractivity contribution in [2.45, 2.75) is 26.7 Å². The Bertz CT molecular complexity index is 832. The van der Waals surface area contributed by atoms with Crippen LogP contribution in [0.5, 0.6) is 0 Å². The van der Waals surface area contributed by atoms with E-state index in [1.807, 2.05) is 25.1 Å². The third-order valence-corrected chi connectivity index (χ3v) is 4.71. The maximum atomic E-state index is 12.0. The Hall–Kier alpha value is -2.64. The fraction of sp³-hybridized carbons (Fsp3) is 0.333. The number of nitriles is 1. The lowest BCUT2D eigenvalue weighted by Crippen LogP contribution is -2.13. The average molecular weight is 334 g/mol. The molecule has 1 aromatic carbocycles.